The molecule has 5 nitrogen and oxygen atoms in total. The molecule has 1 aromatic carbocycles. The fourth-order valence-corrected chi connectivity index (χ4v) is 2.94. The van der Waals surface area contributed by atoms with Crippen molar-refractivity contribution in [3.63, 3.8) is 0 Å². The predicted molar refractivity (Wildman–Crippen MR) is 92.8 cm³/mol. The molecule has 23 heavy (non-hydrogen) atoms. The summed E-state index contributed by atoms with van der Waals surface area (Å²) < 4.78 is 0.990. The molecule has 0 radical (unpaired) electrons. The Balaban J connectivity index is 1.54. The number of aromatic nitrogens is 1. The van der Waals surface area contributed by atoms with E-state index < -0.39 is 5.97 Å². The summed E-state index contributed by atoms with van der Waals surface area (Å²) in [6.07, 6.45) is 1.83. The fraction of sp³-hybridized carbons (Fsp3) is 0.294. The lowest BCUT2D eigenvalue weighted by molar-refractivity contribution is 0.0697. The summed E-state index contributed by atoms with van der Waals surface area (Å²) in [5.74, 6) is 0.130. The molecule has 2 heterocycles. The summed E-state index contributed by atoms with van der Waals surface area (Å²) in [6, 6.07) is 11.2. The van der Waals surface area contributed by atoms with Crippen molar-refractivity contribution in [2.45, 2.75) is 6.54 Å². The number of anilines is 1. The number of carbonyl (C=O) groups is 1. The highest BCUT2D eigenvalue weighted by molar-refractivity contribution is 9.10. The van der Waals surface area contributed by atoms with E-state index in [4.69, 9.17) is 5.11 Å². The van der Waals surface area contributed by atoms with E-state index in [0.29, 0.717) is 5.56 Å². The number of hydrogen-bond acceptors (Lipinski definition) is 4. The van der Waals surface area contributed by atoms with E-state index in [2.05, 4.69) is 30.7 Å². The standard InChI is InChI=1S/C17H18BrN3O2/c18-15-5-6-16(19-11-15)21-9-7-20(8-10-21)12-13-1-3-14(4-2-13)17(22)23/h1-6,11H,7-10,12H2,(H,22,23). The number of aromatic carboxylic acids is 1. The van der Waals surface area contributed by atoms with Gasteiger partial charge in [0.25, 0.3) is 0 Å². The summed E-state index contributed by atoms with van der Waals surface area (Å²) in [7, 11) is 0. The molecule has 0 aliphatic carbocycles. The van der Waals surface area contributed by atoms with E-state index in [-0.39, 0.29) is 0 Å². The quantitative estimate of drug-likeness (QED) is 0.890. The average Bonchev–Trinajstić information content (AvgIpc) is 2.57. The Morgan fingerprint density at radius 3 is 2.35 bits per heavy atom. The monoisotopic (exact) mass is 375 g/mol. The number of rotatable bonds is 4. The van der Waals surface area contributed by atoms with E-state index in [1.807, 2.05) is 30.5 Å². The molecule has 1 N–H and O–H groups in total. The van der Waals surface area contributed by atoms with Gasteiger partial charge in [0.05, 0.1) is 5.56 Å². The first kappa shape index (κ1) is 16.0. The smallest absolute Gasteiger partial charge is 0.335 e. The average molecular weight is 376 g/mol. The van der Waals surface area contributed by atoms with Crippen molar-refractivity contribution in [2.24, 2.45) is 0 Å². The molecule has 1 saturated heterocycles. The van der Waals surface area contributed by atoms with Crippen molar-refractivity contribution in [3.8, 4) is 0 Å². The number of hydrogen-bond donors (Lipinski definition) is 1. The van der Waals surface area contributed by atoms with Crippen LogP contribution in [0.5, 0.6) is 0 Å². The maximum absolute atomic E-state index is 10.9. The second-order valence-corrected chi connectivity index (χ2v) is 6.52. The maximum atomic E-state index is 10.9. The van der Waals surface area contributed by atoms with Crippen molar-refractivity contribution in [1.82, 2.24) is 9.88 Å². The molecule has 0 bridgehead atoms. The van der Waals surface area contributed by atoms with Gasteiger partial charge in [-0.05, 0) is 45.8 Å². The van der Waals surface area contributed by atoms with Gasteiger partial charge in [0, 0.05) is 43.4 Å². The van der Waals surface area contributed by atoms with E-state index >= 15 is 0 Å². The lowest BCUT2D eigenvalue weighted by Gasteiger charge is -2.35. The van der Waals surface area contributed by atoms with E-state index in [1.165, 1.54) is 0 Å². The van der Waals surface area contributed by atoms with Crippen molar-refractivity contribution in [2.75, 3.05) is 31.1 Å². The normalized spacial score (nSPS) is 15.6. The van der Waals surface area contributed by atoms with Gasteiger partial charge >= 0.3 is 5.97 Å². The molecular formula is C17H18BrN3O2. The molecule has 1 fully saturated rings. The van der Waals surface area contributed by atoms with Crippen LogP contribution in [0.15, 0.2) is 47.1 Å². The number of carboxylic acids is 1. The van der Waals surface area contributed by atoms with Gasteiger partial charge in [-0.2, -0.15) is 0 Å². The molecule has 120 valence electrons. The second kappa shape index (κ2) is 7.10. The van der Waals surface area contributed by atoms with Gasteiger partial charge in [-0.25, -0.2) is 9.78 Å². The van der Waals surface area contributed by atoms with Crippen LogP contribution in [0, 0.1) is 0 Å². The van der Waals surface area contributed by atoms with Crippen LogP contribution < -0.4 is 4.90 Å². The Kier molecular flexibility index (Phi) is 4.93. The van der Waals surface area contributed by atoms with Crippen LogP contribution >= 0.6 is 15.9 Å². The van der Waals surface area contributed by atoms with Gasteiger partial charge in [-0.15, -0.1) is 0 Å². The summed E-state index contributed by atoms with van der Waals surface area (Å²) in [4.78, 5) is 20.0. The number of carboxylic acid groups (broad SMARTS) is 1. The number of halogens is 1. The zero-order chi connectivity index (χ0) is 16.2. The number of benzene rings is 1. The minimum absolute atomic E-state index is 0.333. The van der Waals surface area contributed by atoms with Crippen LogP contribution in [0.4, 0.5) is 5.82 Å². The largest absolute Gasteiger partial charge is 0.478 e. The Labute approximate surface area is 143 Å². The third-order valence-electron chi connectivity index (χ3n) is 4.02. The molecule has 0 spiro atoms. The van der Waals surface area contributed by atoms with Crippen molar-refractivity contribution >= 4 is 27.7 Å². The van der Waals surface area contributed by atoms with Crippen LogP contribution in [0.25, 0.3) is 0 Å². The van der Waals surface area contributed by atoms with Crippen LogP contribution in [0.2, 0.25) is 0 Å². The van der Waals surface area contributed by atoms with Gasteiger partial charge in [0.15, 0.2) is 0 Å². The Bertz CT molecular complexity index is 665. The lowest BCUT2D eigenvalue weighted by Crippen LogP contribution is -2.46. The number of pyridine rings is 1. The summed E-state index contributed by atoms with van der Waals surface area (Å²) >= 11 is 3.40. The Morgan fingerprint density at radius 2 is 1.78 bits per heavy atom. The minimum atomic E-state index is -0.882. The lowest BCUT2D eigenvalue weighted by atomic mass is 10.1. The highest BCUT2D eigenvalue weighted by Crippen LogP contribution is 2.17. The van der Waals surface area contributed by atoms with Crippen LogP contribution in [-0.2, 0) is 6.54 Å². The molecular weight excluding hydrogens is 358 g/mol. The summed E-state index contributed by atoms with van der Waals surface area (Å²) in [5, 5.41) is 8.93. The molecule has 1 aromatic heterocycles. The third-order valence-corrected chi connectivity index (χ3v) is 4.48. The maximum Gasteiger partial charge on any atom is 0.335 e. The first-order valence-corrected chi connectivity index (χ1v) is 8.32. The Morgan fingerprint density at radius 1 is 1.09 bits per heavy atom. The van der Waals surface area contributed by atoms with E-state index in [1.54, 1.807) is 12.1 Å². The predicted octanol–water partition coefficient (Wildman–Crippen LogP) is 2.86. The molecule has 0 atom stereocenters. The number of piperazine rings is 1. The van der Waals surface area contributed by atoms with Crippen molar-refractivity contribution in [1.29, 1.82) is 0 Å². The summed E-state index contributed by atoms with van der Waals surface area (Å²) in [6.45, 7) is 4.68. The molecule has 1 aliphatic heterocycles. The SMILES string of the molecule is O=C(O)c1ccc(CN2CCN(c3ccc(Br)cn3)CC2)cc1. The zero-order valence-electron chi connectivity index (χ0n) is 12.7. The highest BCUT2D eigenvalue weighted by Gasteiger charge is 2.18. The number of nitrogens with zero attached hydrogens (tertiary/aromatic N) is 3. The first-order valence-electron chi connectivity index (χ1n) is 7.53. The molecule has 0 unspecified atom stereocenters. The third kappa shape index (κ3) is 4.09. The highest BCUT2D eigenvalue weighted by atomic mass is 79.9. The van der Waals surface area contributed by atoms with Gasteiger partial charge in [0.1, 0.15) is 5.82 Å². The van der Waals surface area contributed by atoms with Crippen molar-refractivity contribution in [3.05, 3.63) is 58.2 Å². The Hall–Kier alpha value is -1.92. The molecule has 2 aromatic rings. The molecule has 3 rings (SSSR count). The first-order chi connectivity index (χ1) is 11.1. The van der Waals surface area contributed by atoms with Gasteiger partial charge < -0.3 is 10.0 Å². The molecule has 0 saturated carbocycles. The minimum Gasteiger partial charge on any atom is -0.478 e. The topological polar surface area (TPSA) is 56.7 Å². The van der Waals surface area contributed by atoms with Gasteiger partial charge in [0.2, 0.25) is 0 Å². The van der Waals surface area contributed by atoms with E-state index in [9.17, 15) is 4.79 Å². The second-order valence-electron chi connectivity index (χ2n) is 5.60. The van der Waals surface area contributed by atoms with Crippen LogP contribution in [0.3, 0.4) is 0 Å². The van der Waals surface area contributed by atoms with Crippen molar-refractivity contribution < 1.29 is 9.90 Å². The molecule has 1 aliphatic rings. The van der Waals surface area contributed by atoms with Gasteiger partial charge in [-0.1, -0.05) is 12.1 Å². The van der Waals surface area contributed by atoms with E-state index in [0.717, 1.165) is 48.6 Å². The fourth-order valence-electron chi connectivity index (χ4n) is 2.70. The zero-order valence-corrected chi connectivity index (χ0v) is 14.2. The molecule has 6 heteroatoms. The molecule has 0 amide bonds. The summed E-state index contributed by atoms with van der Waals surface area (Å²) in [5.41, 5.74) is 1.48. The van der Waals surface area contributed by atoms with Gasteiger partial charge in [-0.3, -0.25) is 4.90 Å². The van der Waals surface area contributed by atoms with Crippen LogP contribution in [-0.4, -0.2) is 47.1 Å². The van der Waals surface area contributed by atoms with Crippen LogP contribution in [0.1, 0.15) is 15.9 Å².